The van der Waals surface area contributed by atoms with Crippen LogP contribution >= 0.6 is 0 Å². The Morgan fingerprint density at radius 2 is 1.21 bits per heavy atom. The van der Waals surface area contributed by atoms with E-state index in [9.17, 15) is 17.6 Å². The van der Waals surface area contributed by atoms with E-state index in [1.54, 1.807) is 6.92 Å². The van der Waals surface area contributed by atoms with E-state index in [-0.39, 0.29) is 16.7 Å². The minimum atomic E-state index is -0.830. The van der Waals surface area contributed by atoms with Crippen molar-refractivity contribution in [1.82, 2.24) is 0 Å². The second-order valence-corrected chi connectivity index (χ2v) is 4.57. The molecule has 0 aromatic heterocycles. The fourth-order valence-electron chi connectivity index (χ4n) is 2.06. The molecule has 0 heterocycles. The van der Waals surface area contributed by atoms with Crippen molar-refractivity contribution in [3.8, 4) is 11.1 Å². The number of halogens is 4. The molecule has 0 saturated carbocycles. The van der Waals surface area contributed by atoms with Crippen LogP contribution in [0.15, 0.2) is 18.2 Å². The summed E-state index contributed by atoms with van der Waals surface area (Å²) >= 11 is 0. The summed E-state index contributed by atoms with van der Waals surface area (Å²) in [4.78, 5) is 0. The third-order valence-corrected chi connectivity index (χ3v) is 3.15. The van der Waals surface area contributed by atoms with Crippen LogP contribution in [0.4, 0.5) is 17.6 Å². The highest BCUT2D eigenvalue weighted by molar-refractivity contribution is 5.69. The van der Waals surface area contributed by atoms with Crippen molar-refractivity contribution in [2.45, 2.75) is 20.8 Å². The van der Waals surface area contributed by atoms with Crippen molar-refractivity contribution in [3.63, 3.8) is 0 Å². The zero-order valence-electron chi connectivity index (χ0n) is 10.7. The van der Waals surface area contributed by atoms with E-state index in [0.29, 0.717) is 5.56 Å². The van der Waals surface area contributed by atoms with Crippen molar-refractivity contribution >= 4 is 0 Å². The van der Waals surface area contributed by atoms with Crippen LogP contribution in [0.1, 0.15) is 16.7 Å². The van der Waals surface area contributed by atoms with Gasteiger partial charge in [-0.15, -0.1) is 0 Å². The van der Waals surface area contributed by atoms with Crippen LogP contribution in [0, 0.1) is 44.0 Å². The summed E-state index contributed by atoms with van der Waals surface area (Å²) in [5, 5.41) is 0. The summed E-state index contributed by atoms with van der Waals surface area (Å²) < 4.78 is 55.1. The summed E-state index contributed by atoms with van der Waals surface area (Å²) in [6.07, 6.45) is 0. The summed E-state index contributed by atoms with van der Waals surface area (Å²) in [6, 6.07) is 3.23. The summed E-state index contributed by atoms with van der Waals surface area (Å²) in [7, 11) is 0. The fourth-order valence-corrected chi connectivity index (χ4v) is 2.06. The van der Waals surface area contributed by atoms with Gasteiger partial charge in [-0.1, -0.05) is 0 Å². The summed E-state index contributed by atoms with van der Waals surface area (Å²) in [5.41, 5.74) is -0.226. The van der Waals surface area contributed by atoms with Crippen LogP contribution in [0.25, 0.3) is 11.1 Å². The average molecular weight is 268 g/mol. The van der Waals surface area contributed by atoms with Crippen molar-refractivity contribution in [1.29, 1.82) is 0 Å². The monoisotopic (exact) mass is 268 g/mol. The van der Waals surface area contributed by atoms with Gasteiger partial charge in [-0.05, 0) is 55.7 Å². The third kappa shape index (κ3) is 2.23. The van der Waals surface area contributed by atoms with E-state index in [1.807, 2.05) is 0 Å². The van der Waals surface area contributed by atoms with Gasteiger partial charge in [0.2, 0.25) is 0 Å². The predicted molar refractivity (Wildman–Crippen MR) is 65.9 cm³/mol. The topological polar surface area (TPSA) is 0 Å². The lowest BCUT2D eigenvalue weighted by Crippen LogP contribution is -2.00. The first-order valence-electron chi connectivity index (χ1n) is 5.74. The van der Waals surface area contributed by atoms with Gasteiger partial charge in [-0.2, -0.15) is 0 Å². The van der Waals surface area contributed by atoms with Gasteiger partial charge in [-0.25, -0.2) is 17.6 Å². The van der Waals surface area contributed by atoms with Crippen molar-refractivity contribution in [3.05, 3.63) is 58.2 Å². The smallest absolute Gasteiger partial charge is 0.134 e. The zero-order valence-corrected chi connectivity index (χ0v) is 10.7. The van der Waals surface area contributed by atoms with Crippen LogP contribution in [0.2, 0.25) is 0 Å². The van der Waals surface area contributed by atoms with E-state index in [1.165, 1.54) is 13.8 Å². The Morgan fingerprint density at radius 3 is 1.74 bits per heavy atom. The molecule has 0 N–H and O–H groups in total. The molecule has 0 aliphatic carbocycles. The Morgan fingerprint density at radius 1 is 0.684 bits per heavy atom. The molecule has 0 amide bonds. The number of aryl methyl sites for hydroxylation is 1. The first kappa shape index (κ1) is 13.6. The molecule has 19 heavy (non-hydrogen) atoms. The van der Waals surface area contributed by atoms with Crippen LogP contribution in [-0.2, 0) is 0 Å². The number of hydrogen-bond donors (Lipinski definition) is 0. The Kier molecular flexibility index (Phi) is 3.35. The maximum absolute atomic E-state index is 13.9. The van der Waals surface area contributed by atoms with Gasteiger partial charge >= 0.3 is 0 Å². The fraction of sp³-hybridized carbons (Fsp3) is 0.200. The van der Waals surface area contributed by atoms with Gasteiger partial charge in [0, 0.05) is 5.56 Å². The molecular weight excluding hydrogens is 256 g/mol. The standard InChI is InChI=1S/C15H12F4/c1-7-4-12(17)14(13(18)5-7)10-6-11(16)9(3)15(19)8(10)2/h4-6H,1-3H3. The Bertz CT molecular complexity index is 637. The van der Waals surface area contributed by atoms with Crippen molar-refractivity contribution in [2.75, 3.05) is 0 Å². The Hall–Kier alpha value is -1.84. The quantitative estimate of drug-likeness (QED) is 0.649. The minimum Gasteiger partial charge on any atom is -0.207 e. The average Bonchev–Trinajstić information content (AvgIpc) is 2.31. The van der Waals surface area contributed by atoms with Crippen LogP contribution in [-0.4, -0.2) is 0 Å². The SMILES string of the molecule is Cc1cc(F)c(-c2cc(F)c(C)c(F)c2C)c(F)c1. The molecule has 2 aromatic carbocycles. The molecule has 0 bridgehead atoms. The highest BCUT2D eigenvalue weighted by atomic mass is 19.1. The van der Waals surface area contributed by atoms with E-state index in [4.69, 9.17) is 0 Å². The molecular formula is C15H12F4. The molecule has 0 unspecified atom stereocenters. The molecule has 0 aliphatic rings. The molecule has 0 atom stereocenters. The first-order chi connectivity index (χ1) is 8.82. The Balaban J connectivity index is 2.80. The second-order valence-electron chi connectivity index (χ2n) is 4.57. The van der Waals surface area contributed by atoms with Gasteiger partial charge in [0.1, 0.15) is 23.3 Å². The van der Waals surface area contributed by atoms with E-state index in [2.05, 4.69) is 0 Å². The van der Waals surface area contributed by atoms with Crippen LogP contribution in [0.3, 0.4) is 0 Å². The molecule has 2 aromatic rings. The summed E-state index contributed by atoms with van der Waals surface area (Å²) in [5.74, 6) is -3.27. The summed E-state index contributed by atoms with van der Waals surface area (Å²) in [6.45, 7) is 4.19. The Labute approximate surface area is 108 Å². The molecule has 0 spiro atoms. The number of benzene rings is 2. The molecule has 0 aliphatic heterocycles. The second kappa shape index (κ2) is 4.68. The molecule has 0 radical (unpaired) electrons. The van der Waals surface area contributed by atoms with Gasteiger partial charge in [-0.3, -0.25) is 0 Å². The molecule has 4 heteroatoms. The molecule has 0 saturated heterocycles. The largest absolute Gasteiger partial charge is 0.207 e. The number of hydrogen-bond acceptors (Lipinski definition) is 0. The lowest BCUT2D eigenvalue weighted by molar-refractivity contribution is 0.560. The van der Waals surface area contributed by atoms with Gasteiger partial charge in [0.25, 0.3) is 0 Å². The van der Waals surface area contributed by atoms with Gasteiger partial charge in [0.05, 0.1) is 5.56 Å². The highest BCUT2D eigenvalue weighted by Crippen LogP contribution is 2.33. The van der Waals surface area contributed by atoms with E-state index < -0.39 is 28.8 Å². The first-order valence-corrected chi connectivity index (χ1v) is 5.74. The van der Waals surface area contributed by atoms with Crippen LogP contribution in [0.5, 0.6) is 0 Å². The van der Waals surface area contributed by atoms with E-state index >= 15 is 0 Å². The highest BCUT2D eigenvalue weighted by Gasteiger charge is 2.19. The van der Waals surface area contributed by atoms with Crippen LogP contribution < -0.4 is 0 Å². The predicted octanol–water partition coefficient (Wildman–Crippen LogP) is 4.84. The maximum Gasteiger partial charge on any atom is 0.134 e. The minimum absolute atomic E-state index is 0.0283. The van der Waals surface area contributed by atoms with Crippen molar-refractivity contribution < 1.29 is 17.6 Å². The maximum atomic E-state index is 13.9. The third-order valence-electron chi connectivity index (χ3n) is 3.15. The van der Waals surface area contributed by atoms with Gasteiger partial charge in [0.15, 0.2) is 0 Å². The molecule has 100 valence electrons. The zero-order chi connectivity index (χ0) is 14.3. The molecule has 2 rings (SSSR count). The number of rotatable bonds is 1. The lowest BCUT2D eigenvalue weighted by atomic mass is 9.96. The normalized spacial score (nSPS) is 10.9. The van der Waals surface area contributed by atoms with Crippen molar-refractivity contribution in [2.24, 2.45) is 0 Å². The van der Waals surface area contributed by atoms with Gasteiger partial charge < -0.3 is 0 Å². The lowest BCUT2D eigenvalue weighted by Gasteiger charge is -2.12. The molecule has 0 fully saturated rings. The molecule has 0 nitrogen and oxygen atoms in total. The van der Waals surface area contributed by atoms with E-state index in [0.717, 1.165) is 18.2 Å².